The Morgan fingerprint density at radius 1 is 1.21 bits per heavy atom. The van der Waals surface area contributed by atoms with Crippen LogP contribution in [0.3, 0.4) is 0 Å². The Hall–Kier alpha value is -4.50. The number of hydrogen-bond acceptors (Lipinski definition) is 7. The van der Waals surface area contributed by atoms with Crippen LogP contribution in [0.25, 0.3) is 0 Å². The molecule has 2 fully saturated rings. The molecule has 9 nitrogen and oxygen atoms in total. The quantitative estimate of drug-likeness (QED) is 0.314. The first-order valence-corrected chi connectivity index (χ1v) is 13.4. The second-order valence-corrected chi connectivity index (χ2v) is 10.5. The third kappa shape index (κ3) is 5.92. The second kappa shape index (κ2) is 11.8. The number of cyclic esters (lactones) is 1. The second-order valence-electron chi connectivity index (χ2n) is 10.1. The van der Waals surface area contributed by atoms with Crippen LogP contribution in [0, 0.1) is 23.1 Å². The van der Waals surface area contributed by atoms with Crippen molar-refractivity contribution in [3.8, 4) is 6.07 Å². The maximum Gasteiger partial charge on any atom is 0.416 e. The van der Waals surface area contributed by atoms with Crippen LogP contribution in [-0.4, -0.2) is 46.3 Å². The lowest BCUT2D eigenvalue weighted by molar-refractivity contribution is -0.128. The Morgan fingerprint density at radius 2 is 1.98 bits per heavy atom. The average molecular weight is 598 g/mol. The van der Waals surface area contributed by atoms with E-state index in [2.05, 4.69) is 9.97 Å². The highest BCUT2D eigenvalue weighted by Gasteiger charge is 2.47. The third-order valence-electron chi connectivity index (χ3n) is 7.22. The summed E-state index contributed by atoms with van der Waals surface area (Å²) < 4.78 is 46.5. The fourth-order valence-corrected chi connectivity index (χ4v) is 5.44. The van der Waals surface area contributed by atoms with Crippen molar-refractivity contribution in [2.24, 2.45) is 5.92 Å². The number of alkyl halides is 2. The number of ketones is 1. The van der Waals surface area contributed by atoms with E-state index in [0.29, 0.717) is 0 Å². The van der Waals surface area contributed by atoms with Gasteiger partial charge in [-0.3, -0.25) is 19.5 Å². The number of benzene rings is 1. The van der Waals surface area contributed by atoms with Gasteiger partial charge in [0.1, 0.15) is 24.3 Å². The van der Waals surface area contributed by atoms with E-state index in [1.165, 1.54) is 36.7 Å². The number of carbonyl (C=O) groups is 3. The number of amides is 2. The van der Waals surface area contributed by atoms with Crippen molar-refractivity contribution in [2.45, 2.75) is 43.7 Å². The van der Waals surface area contributed by atoms with Crippen LogP contribution in [0.15, 0.2) is 61.1 Å². The van der Waals surface area contributed by atoms with Crippen LogP contribution in [0.5, 0.6) is 0 Å². The summed E-state index contributed by atoms with van der Waals surface area (Å²) in [5.41, 5.74) is 0.274. The van der Waals surface area contributed by atoms with Crippen molar-refractivity contribution in [3.63, 3.8) is 0 Å². The maximum atomic E-state index is 14.5. The number of carbonyl (C=O) groups excluding carboxylic acids is 3. The number of nitrogens with zero attached hydrogens (tertiary/aromatic N) is 5. The number of nitriles is 1. The van der Waals surface area contributed by atoms with Crippen LogP contribution in [0.1, 0.15) is 42.9 Å². The topological polar surface area (TPSA) is 116 Å². The molecule has 216 valence electrons. The van der Waals surface area contributed by atoms with E-state index in [1.807, 2.05) is 6.07 Å². The minimum Gasteiger partial charge on any atom is -0.446 e. The Kier molecular flexibility index (Phi) is 8.13. The molecule has 0 N–H and O–H groups in total. The molecule has 1 saturated carbocycles. The van der Waals surface area contributed by atoms with Crippen molar-refractivity contribution in [2.75, 3.05) is 16.4 Å². The number of anilines is 2. The minimum atomic E-state index is -2.76. The fraction of sp³-hybridized carbons (Fsp3) is 0.310. The molecule has 0 spiro atoms. The molecule has 1 aliphatic carbocycles. The molecule has 3 heterocycles. The summed E-state index contributed by atoms with van der Waals surface area (Å²) in [6.07, 6.45) is 1.79. The lowest BCUT2D eigenvalue weighted by Crippen LogP contribution is -2.51. The van der Waals surface area contributed by atoms with Gasteiger partial charge >= 0.3 is 6.09 Å². The SMILES string of the molecule is N#Cc1ccnc(N2C(=O)OC[C@H]2C(=O)N(c2cncc(F)c2)[C@H](C(=O)CCC2CC(F)(F)C2)c2ccccc2Cl)c1. The Morgan fingerprint density at radius 3 is 2.67 bits per heavy atom. The Bertz CT molecular complexity index is 1570. The van der Waals surface area contributed by atoms with Gasteiger partial charge in [-0.05, 0) is 30.5 Å². The average Bonchev–Trinajstić information content (AvgIpc) is 3.35. The van der Waals surface area contributed by atoms with Crippen molar-refractivity contribution >= 4 is 40.9 Å². The van der Waals surface area contributed by atoms with Crippen molar-refractivity contribution < 1.29 is 32.3 Å². The predicted molar refractivity (Wildman–Crippen MR) is 144 cm³/mol. The zero-order valence-corrected chi connectivity index (χ0v) is 22.7. The van der Waals surface area contributed by atoms with Gasteiger partial charge in [-0.2, -0.15) is 5.26 Å². The zero-order valence-electron chi connectivity index (χ0n) is 21.9. The van der Waals surface area contributed by atoms with E-state index >= 15 is 0 Å². The summed E-state index contributed by atoms with van der Waals surface area (Å²) in [6, 6.07) is 9.13. The van der Waals surface area contributed by atoms with Gasteiger partial charge in [-0.1, -0.05) is 29.8 Å². The molecule has 0 bridgehead atoms. The van der Waals surface area contributed by atoms with Gasteiger partial charge in [0.15, 0.2) is 11.8 Å². The molecule has 13 heteroatoms. The number of ether oxygens (including phenoxy) is 1. The molecule has 42 heavy (non-hydrogen) atoms. The van der Waals surface area contributed by atoms with Crippen LogP contribution in [0.4, 0.5) is 29.5 Å². The molecule has 3 aromatic rings. The standard InChI is InChI=1S/C29H23ClF3N5O4/c30-22-4-2-1-3-21(22)26(24(39)6-5-18-11-29(32,33)12-18)37(20-10-19(31)14-35-15-20)27(40)23-16-42-28(41)38(23)25-9-17(13-34)7-8-36-25/h1-4,7-10,14-15,18,23,26H,5-6,11-12,16H2/t23-,26-/m0/s1. The monoisotopic (exact) mass is 597 g/mol. The summed E-state index contributed by atoms with van der Waals surface area (Å²) >= 11 is 6.50. The summed E-state index contributed by atoms with van der Waals surface area (Å²) in [5, 5.41) is 9.44. The van der Waals surface area contributed by atoms with Crippen molar-refractivity contribution in [3.05, 3.63) is 83.0 Å². The predicted octanol–water partition coefficient (Wildman–Crippen LogP) is 5.64. The van der Waals surface area contributed by atoms with E-state index in [1.54, 1.807) is 12.1 Å². The molecule has 0 radical (unpaired) electrons. The molecule has 2 aliphatic rings. The minimum absolute atomic E-state index is 0.0428. The van der Waals surface area contributed by atoms with Gasteiger partial charge in [0, 0.05) is 42.1 Å². The van der Waals surface area contributed by atoms with Crippen LogP contribution in [0.2, 0.25) is 5.02 Å². The van der Waals surface area contributed by atoms with Gasteiger partial charge < -0.3 is 4.74 Å². The number of pyridine rings is 2. The van der Waals surface area contributed by atoms with Crippen molar-refractivity contribution in [1.29, 1.82) is 5.26 Å². The maximum absolute atomic E-state index is 14.5. The van der Waals surface area contributed by atoms with Gasteiger partial charge in [0.25, 0.3) is 5.91 Å². The summed E-state index contributed by atoms with van der Waals surface area (Å²) in [6.45, 7) is -0.435. The first-order chi connectivity index (χ1) is 20.1. The molecule has 2 atom stereocenters. The van der Waals surface area contributed by atoms with E-state index in [-0.39, 0.29) is 59.3 Å². The molecule has 2 aromatic heterocycles. The molecule has 5 rings (SSSR count). The van der Waals surface area contributed by atoms with Crippen molar-refractivity contribution in [1.82, 2.24) is 9.97 Å². The number of halogens is 4. The lowest BCUT2D eigenvalue weighted by Gasteiger charge is -2.36. The molecular formula is C29H23ClF3N5O4. The highest BCUT2D eigenvalue weighted by atomic mass is 35.5. The van der Waals surface area contributed by atoms with Crippen LogP contribution in [-0.2, 0) is 14.3 Å². The highest BCUT2D eigenvalue weighted by molar-refractivity contribution is 6.31. The Balaban J connectivity index is 1.57. The van der Waals surface area contributed by atoms with Gasteiger partial charge in [-0.15, -0.1) is 0 Å². The highest BCUT2D eigenvalue weighted by Crippen LogP contribution is 2.45. The number of hydrogen-bond donors (Lipinski definition) is 0. The fourth-order valence-electron chi connectivity index (χ4n) is 5.20. The summed E-state index contributed by atoms with van der Waals surface area (Å²) in [7, 11) is 0. The summed E-state index contributed by atoms with van der Waals surface area (Å²) in [4.78, 5) is 51.0. The van der Waals surface area contributed by atoms with Gasteiger partial charge in [-0.25, -0.2) is 27.8 Å². The van der Waals surface area contributed by atoms with Crippen LogP contribution < -0.4 is 9.80 Å². The van der Waals surface area contributed by atoms with E-state index in [4.69, 9.17) is 16.3 Å². The lowest BCUT2D eigenvalue weighted by atomic mass is 9.77. The smallest absolute Gasteiger partial charge is 0.416 e. The largest absolute Gasteiger partial charge is 0.446 e. The molecular weight excluding hydrogens is 575 g/mol. The number of aromatic nitrogens is 2. The van der Waals surface area contributed by atoms with E-state index in [0.717, 1.165) is 22.1 Å². The zero-order chi connectivity index (χ0) is 30.0. The van der Waals surface area contributed by atoms with Gasteiger partial charge in [0.05, 0.1) is 29.7 Å². The van der Waals surface area contributed by atoms with Crippen LogP contribution >= 0.6 is 11.6 Å². The first kappa shape index (κ1) is 29.0. The molecule has 2 amide bonds. The number of Topliss-reactive ketones (excluding diaryl/α,β-unsaturated/α-hetero) is 1. The molecule has 1 saturated heterocycles. The molecule has 1 aromatic carbocycles. The Labute approximate surface area is 243 Å². The van der Waals surface area contributed by atoms with E-state index in [9.17, 15) is 32.8 Å². The summed E-state index contributed by atoms with van der Waals surface area (Å²) in [5.74, 6) is -5.35. The molecule has 0 unspecified atom stereocenters. The number of rotatable bonds is 9. The third-order valence-corrected chi connectivity index (χ3v) is 7.57. The molecule has 1 aliphatic heterocycles. The van der Waals surface area contributed by atoms with E-state index < -0.39 is 48.2 Å². The first-order valence-electron chi connectivity index (χ1n) is 13.0. The van der Waals surface area contributed by atoms with Gasteiger partial charge in [0.2, 0.25) is 5.92 Å². The normalized spacial score (nSPS) is 18.5.